The maximum absolute atomic E-state index is 11.1. The number of hydrogen-bond acceptors (Lipinski definition) is 3. The molecule has 1 atom stereocenters. The Hall–Kier alpha value is -1.88. The Bertz CT molecular complexity index is 377. The van der Waals surface area contributed by atoms with Crippen LogP contribution in [0.4, 0.5) is 0 Å². The van der Waals surface area contributed by atoms with Crippen LogP contribution < -0.4 is 5.32 Å². The molecule has 0 spiro atoms. The predicted octanol–water partition coefficient (Wildman–Crippen LogP) is 0.919. The molecular formula is C12H15NO4. The van der Waals surface area contributed by atoms with E-state index in [1.807, 2.05) is 6.07 Å². The van der Waals surface area contributed by atoms with E-state index in [0.29, 0.717) is 13.0 Å². The second-order valence-electron chi connectivity index (χ2n) is 3.66. The molecule has 0 saturated carbocycles. The molecule has 0 aliphatic carbocycles. The van der Waals surface area contributed by atoms with Gasteiger partial charge in [0.05, 0.1) is 12.5 Å². The van der Waals surface area contributed by atoms with Gasteiger partial charge in [-0.3, -0.25) is 9.59 Å². The average Bonchev–Trinajstić information content (AvgIpc) is 2.29. The van der Waals surface area contributed by atoms with Crippen molar-refractivity contribution in [2.75, 3.05) is 13.1 Å². The largest absolute Gasteiger partial charge is 0.481 e. The van der Waals surface area contributed by atoms with Gasteiger partial charge in [0.2, 0.25) is 0 Å². The van der Waals surface area contributed by atoms with Gasteiger partial charge in [-0.25, -0.2) is 0 Å². The van der Waals surface area contributed by atoms with Crippen LogP contribution in [0.1, 0.15) is 17.9 Å². The van der Waals surface area contributed by atoms with Crippen LogP contribution in [0, 0.1) is 0 Å². The summed E-state index contributed by atoms with van der Waals surface area (Å²) in [5.41, 5.74) is 0.733. The molecule has 1 aromatic rings. The van der Waals surface area contributed by atoms with E-state index in [-0.39, 0.29) is 6.54 Å². The van der Waals surface area contributed by atoms with E-state index >= 15 is 0 Å². The first-order valence-electron chi connectivity index (χ1n) is 5.31. The van der Waals surface area contributed by atoms with Crippen LogP contribution in [-0.2, 0) is 9.59 Å². The molecule has 0 amide bonds. The number of hydrogen-bond donors (Lipinski definition) is 3. The normalized spacial score (nSPS) is 12.0. The number of carbonyl (C=O) groups is 2. The summed E-state index contributed by atoms with van der Waals surface area (Å²) in [6.07, 6.45) is 0.368. The van der Waals surface area contributed by atoms with Crippen LogP contribution in [-0.4, -0.2) is 35.2 Å². The molecule has 0 aliphatic rings. The third-order valence-electron chi connectivity index (χ3n) is 2.39. The maximum Gasteiger partial charge on any atom is 0.317 e. The first kappa shape index (κ1) is 13.2. The lowest BCUT2D eigenvalue weighted by molar-refractivity contribution is -0.139. The van der Waals surface area contributed by atoms with Crippen molar-refractivity contribution in [2.45, 2.75) is 12.3 Å². The van der Waals surface area contributed by atoms with Crippen molar-refractivity contribution >= 4 is 11.9 Å². The van der Waals surface area contributed by atoms with Gasteiger partial charge in [-0.1, -0.05) is 30.3 Å². The molecule has 3 N–H and O–H groups in total. The lowest BCUT2D eigenvalue weighted by atomic mass is 9.96. The van der Waals surface area contributed by atoms with Crippen LogP contribution in [0.25, 0.3) is 0 Å². The summed E-state index contributed by atoms with van der Waals surface area (Å²) < 4.78 is 0. The highest BCUT2D eigenvalue weighted by atomic mass is 16.4. The summed E-state index contributed by atoms with van der Waals surface area (Å²) in [4.78, 5) is 21.4. The van der Waals surface area contributed by atoms with Crippen LogP contribution in [0.5, 0.6) is 0 Å². The minimum absolute atomic E-state index is 0.152. The lowest BCUT2D eigenvalue weighted by Crippen LogP contribution is -2.26. The van der Waals surface area contributed by atoms with Crippen molar-refractivity contribution in [1.82, 2.24) is 5.32 Å². The fourth-order valence-corrected chi connectivity index (χ4v) is 1.56. The Morgan fingerprint density at radius 2 is 1.82 bits per heavy atom. The zero-order chi connectivity index (χ0) is 12.7. The summed E-state index contributed by atoms with van der Waals surface area (Å²) in [5, 5.41) is 20.2. The molecule has 5 nitrogen and oxygen atoms in total. The number of benzene rings is 1. The highest BCUT2D eigenvalue weighted by molar-refractivity contribution is 5.76. The van der Waals surface area contributed by atoms with Crippen molar-refractivity contribution in [1.29, 1.82) is 0 Å². The summed E-state index contributed by atoms with van der Waals surface area (Å²) in [7, 11) is 0. The third kappa shape index (κ3) is 4.65. The second-order valence-corrected chi connectivity index (χ2v) is 3.66. The van der Waals surface area contributed by atoms with E-state index in [0.717, 1.165) is 5.56 Å². The first-order chi connectivity index (χ1) is 8.11. The Morgan fingerprint density at radius 1 is 1.18 bits per heavy atom. The molecule has 0 bridgehead atoms. The maximum atomic E-state index is 11.1. The summed E-state index contributed by atoms with van der Waals surface area (Å²) in [6, 6.07) is 8.92. The Labute approximate surface area is 99.1 Å². The zero-order valence-electron chi connectivity index (χ0n) is 9.30. The highest BCUT2D eigenvalue weighted by Crippen LogP contribution is 2.18. The lowest BCUT2D eigenvalue weighted by Gasteiger charge is -2.12. The van der Waals surface area contributed by atoms with E-state index in [1.54, 1.807) is 24.3 Å². The average molecular weight is 237 g/mol. The molecule has 0 radical (unpaired) electrons. The van der Waals surface area contributed by atoms with Crippen molar-refractivity contribution < 1.29 is 19.8 Å². The standard InChI is InChI=1S/C12H15NO4/c14-11(15)8-13-7-6-10(12(16)17)9-4-2-1-3-5-9/h1-5,10,13H,6-8H2,(H,14,15)(H,16,17). The zero-order valence-corrected chi connectivity index (χ0v) is 9.30. The van der Waals surface area contributed by atoms with Crippen molar-refractivity contribution in [3.8, 4) is 0 Å². The Morgan fingerprint density at radius 3 is 2.35 bits per heavy atom. The molecule has 1 rings (SSSR count). The highest BCUT2D eigenvalue weighted by Gasteiger charge is 2.18. The monoisotopic (exact) mass is 237 g/mol. The van der Waals surface area contributed by atoms with Gasteiger partial charge in [-0.2, -0.15) is 0 Å². The number of carboxylic acids is 2. The number of carboxylic acid groups (broad SMARTS) is 2. The second kappa shape index (κ2) is 6.65. The fourth-order valence-electron chi connectivity index (χ4n) is 1.56. The van der Waals surface area contributed by atoms with Gasteiger partial charge in [0.15, 0.2) is 0 Å². The molecule has 92 valence electrons. The molecule has 0 fully saturated rings. The number of rotatable bonds is 7. The van der Waals surface area contributed by atoms with Crippen molar-refractivity contribution in [3.05, 3.63) is 35.9 Å². The summed E-state index contributed by atoms with van der Waals surface area (Å²) in [5.74, 6) is -2.44. The SMILES string of the molecule is O=C(O)CNCCC(C(=O)O)c1ccccc1. The molecule has 17 heavy (non-hydrogen) atoms. The molecule has 0 aliphatic heterocycles. The fraction of sp³-hybridized carbons (Fsp3) is 0.333. The van der Waals surface area contributed by atoms with Crippen LogP contribution in [0.15, 0.2) is 30.3 Å². The topological polar surface area (TPSA) is 86.6 Å². The van der Waals surface area contributed by atoms with Gasteiger partial charge in [-0.05, 0) is 18.5 Å². The Kier molecular flexibility index (Phi) is 5.16. The van der Waals surface area contributed by atoms with E-state index in [2.05, 4.69) is 5.32 Å². The molecular weight excluding hydrogens is 222 g/mol. The predicted molar refractivity (Wildman–Crippen MR) is 61.9 cm³/mol. The molecule has 1 aromatic carbocycles. The minimum Gasteiger partial charge on any atom is -0.481 e. The van der Waals surface area contributed by atoms with Crippen molar-refractivity contribution in [3.63, 3.8) is 0 Å². The summed E-state index contributed by atoms with van der Waals surface area (Å²) >= 11 is 0. The van der Waals surface area contributed by atoms with Gasteiger partial charge in [-0.15, -0.1) is 0 Å². The van der Waals surface area contributed by atoms with Gasteiger partial charge >= 0.3 is 11.9 Å². The third-order valence-corrected chi connectivity index (χ3v) is 2.39. The number of aliphatic carboxylic acids is 2. The van der Waals surface area contributed by atoms with Gasteiger partial charge in [0.1, 0.15) is 0 Å². The van der Waals surface area contributed by atoms with Gasteiger partial charge in [0, 0.05) is 0 Å². The van der Waals surface area contributed by atoms with E-state index in [4.69, 9.17) is 10.2 Å². The molecule has 0 saturated heterocycles. The van der Waals surface area contributed by atoms with E-state index < -0.39 is 17.9 Å². The quantitative estimate of drug-likeness (QED) is 0.614. The smallest absolute Gasteiger partial charge is 0.317 e. The molecule has 0 heterocycles. The first-order valence-corrected chi connectivity index (χ1v) is 5.31. The van der Waals surface area contributed by atoms with Gasteiger partial charge in [0.25, 0.3) is 0 Å². The summed E-state index contributed by atoms with van der Waals surface area (Å²) in [6.45, 7) is 0.208. The van der Waals surface area contributed by atoms with Crippen molar-refractivity contribution in [2.24, 2.45) is 0 Å². The molecule has 0 aromatic heterocycles. The Balaban J connectivity index is 2.51. The van der Waals surface area contributed by atoms with Gasteiger partial charge < -0.3 is 15.5 Å². The van der Waals surface area contributed by atoms with E-state index in [9.17, 15) is 9.59 Å². The van der Waals surface area contributed by atoms with E-state index in [1.165, 1.54) is 0 Å². The minimum atomic E-state index is -0.948. The molecule has 5 heteroatoms. The number of nitrogens with one attached hydrogen (secondary N) is 1. The van der Waals surface area contributed by atoms with Crippen LogP contribution >= 0.6 is 0 Å². The van der Waals surface area contributed by atoms with Crippen LogP contribution in [0.3, 0.4) is 0 Å². The molecule has 1 unspecified atom stereocenters. The van der Waals surface area contributed by atoms with Crippen LogP contribution in [0.2, 0.25) is 0 Å².